The summed E-state index contributed by atoms with van der Waals surface area (Å²) >= 11 is 0. The Labute approximate surface area is 229 Å². The number of ether oxygens (including phenoxy) is 1. The average molecular weight is 532 g/mol. The molecule has 0 atom stereocenters. The van der Waals surface area contributed by atoms with Crippen molar-refractivity contribution >= 4 is 23.7 Å². The lowest BCUT2D eigenvalue weighted by molar-refractivity contribution is 0.0522. The number of hydrogen-bond donors (Lipinski definition) is 3. The number of rotatable bonds is 8. The lowest BCUT2D eigenvalue weighted by atomic mass is 9.92. The molecular formula is C31H37N3O5. The minimum Gasteiger partial charge on any atom is -0.478 e. The molecule has 0 aliphatic carbocycles. The van der Waals surface area contributed by atoms with Crippen LogP contribution >= 0.6 is 0 Å². The molecule has 39 heavy (non-hydrogen) atoms. The Balaban J connectivity index is 2.16. The van der Waals surface area contributed by atoms with Gasteiger partial charge in [0, 0.05) is 28.9 Å². The summed E-state index contributed by atoms with van der Waals surface area (Å²) in [5.41, 5.74) is 4.97. The van der Waals surface area contributed by atoms with Gasteiger partial charge in [0.15, 0.2) is 0 Å². The number of alkyl carbamates (subject to hydrolysis) is 1. The molecule has 0 aliphatic rings. The van der Waals surface area contributed by atoms with Gasteiger partial charge in [-0.2, -0.15) is 0 Å². The summed E-state index contributed by atoms with van der Waals surface area (Å²) in [7, 11) is 0. The number of amides is 2. The van der Waals surface area contributed by atoms with Crippen LogP contribution in [-0.2, 0) is 17.7 Å². The van der Waals surface area contributed by atoms with Crippen LogP contribution in [0.5, 0.6) is 0 Å². The van der Waals surface area contributed by atoms with E-state index in [0.29, 0.717) is 23.7 Å². The molecule has 2 aromatic carbocycles. The number of aryl methyl sites for hydroxylation is 2. The molecule has 3 N–H and O–H groups in total. The van der Waals surface area contributed by atoms with Crippen molar-refractivity contribution in [2.75, 3.05) is 5.32 Å². The van der Waals surface area contributed by atoms with Crippen LogP contribution in [0.15, 0.2) is 48.5 Å². The van der Waals surface area contributed by atoms with Crippen molar-refractivity contribution in [3.63, 3.8) is 0 Å². The number of carboxylic acids is 1. The van der Waals surface area contributed by atoms with Gasteiger partial charge >= 0.3 is 12.1 Å². The molecule has 1 aromatic heterocycles. The van der Waals surface area contributed by atoms with Gasteiger partial charge in [-0.3, -0.25) is 9.78 Å². The number of hydrogen-bond acceptors (Lipinski definition) is 5. The Morgan fingerprint density at radius 3 is 2.23 bits per heavy atom. The van der Waals surface area contributed by atoms with E-state index in [1.807, 2.05) is 38.1 Å². The highest BCUT2D eigenvalue weighted by atomic mass is 16.6. The molecule has 2 amide bonds. The molecular weight excluding hydrogens is 494 g/mol. The first-order chi connectivity index (χ1) is 18.2. The Bertz CT molecular complexity index is 1370. The second-order valence-corrected chi connectivity index (χ2v) is 11.0. The fraction of sp³-hybridized carbons (Fsp3) is 0.355. The highest BCUT2D eigenvalue weighted by Gasteiger charge is 2.24. The summed E-state index contributed by atoms with van der Waals surface area (Å²) in [6, 6.07) is 13.8. The van der Waals surface area contributed by atoms with E-state index in [0.717, 1.165) is 27.9 Å². The normalized spacial score (nSPS) is 11.3. The maximum absolute atomic E-state index is 13.4. The lowest BCUT2D eigenvalue weighted by Gasteiger charge is -2.24. The summed E-state index contributed by atoms with van der Waals surface area (Å²) < 4.78 is 5.46. The molecule has 206 valence electrons. The summed E-state index contributed by atoms with van der Waals surface area (Å²) in [6.45, 7) is 13.6. The van der Waals surface area contributed by atoms with Gasteiger partial charge in [-0.15, -0.1) is 0 Å². The molecule has 8 heteroatoms. The number of aromatic nitrogens is 1. The van der Waals surface area contributed by atoms with Gasteiger partial charge in [0.05, 0.1) is 16.9 Å². The van der Waals surface area contributed by atoms with E-state index in [1.165, 1.54) is 18.2 Å². The second-order valence-electron chi connectivity index (χ2n) is 11.0. The lowest BCUT2D eigenvalue weighted by Crippen LogP contribution is -2.32. The highest BCUT2D eigenvalue weighted by molar-refractivity contribution is 6.08. The number of pyridine rings is 1. The second kappa shape index (κ2) is 12.1. The van der Waals surface area contributed by atoms with Crippen molar-refractivity contribution in [2.24, 2.45) is 5.92 Å². The third-order valence-electron chi connectivity index (χ3n) is 5.93. The fourth-order valence-corrected chi connectivity index (χ4v) is 4.19. The van der Waals surface area contributed by atoms with Crippen LogP contribution < -0.4 is 10.6 Å². The summed E-state index contributed by atoms with van der Waals surface area (Å²) in [5.74, 6) is -1.28. The largest absolute Gasteiger partial charge is 0.478 e. The molecule has 0 saturated carbocycles. The number of anilines is 1. The molecule has 1 heterocycles. The van der Waals surface area contributed by atoms with Crippen LogP contribution in [0.4, 0.5) is 10.5 Å². The van der Waals surface area contributed by atoms with Crippen LogP contribution in [-0.4, -0.2) is 33.7 Å². The Morgan fingerprint density at radius 1 is 1.00 bits per heavy atom. The molecule has 0 aliphatic heterocycles. The van der Waals surface area contributed by atoms with Crippen LogP contribution in [0, 0.1) is 19.8 Å². The first-order valence-electron chi connectivity index (χ1n) is 13.0. The molecule has 0 radical (unpaired) electrons. The van der Waals surface area contributed by atoms with Crippen molar-refractivity contribution in [1.29, 1.82) is 0 Å². The van der Waals surface area contributed by atoms with Crippen LogP contribution in [0.2, 0.25) is 0 Å². The van der Waals surface area contributed by atoms with E-state index in [1.54, 1.807) is 26.8 Å². The molecule has 3 rings (SSSR count). The van der Waals surface area contributed by atoms with E-state index < -0.39 is 23.6 Å². The number of nitrogens with zero attached hydrogens (tertiary/aromatic N) is 1. The molecule has 8 nitrogen and oxygen atoms in total. The van der Waals surface area contributed by atoms with E-state index >= 15 is 0 Å². The highest BCUT2D eigenvalue weighted by Crippen LogP contribution is 2.37. The van der Waals surface area contributed by atoms with Gasteiger partial charge in [0.2, 0.25) is 0 Å². The Morgan fingerprint density at radius 2 is 1.64 bits per heavy atom. The van der Waals surface area contributed by atoms with Crippen LogP contribution in [0.3, 0.4) is 0 Å². The Hall–Kier alpha value is -4.20. The van der Waals surface area contributed by atoms with E-state index in [9.17, 15) is 19.5 Å². The summed E-state index contributed by atoms with van der Waals surface area (Å²) in [5, 5.41) is 15.2. The third kappa shape index (κ3) is 7.89. The van der Waals surface area contributed by atoms with Crippen molar-refractivity contribution in [3.05, 3.63) is 82.2 Å². The van der Waals surface area contributed by atoms with Gasteiger partial charge in [-0.25, -0.2) is 9.59 Å². The third-order valence-corrected chi connectivity index (χ3v) is 5.93. The number of aromatic carboxylic acids is 1. The quantitative estimate of drug-likeness (QED) is 0.304. The number of carbonyl (C=O) groups excluding carboxylic acids is 2. The van der Waals surface area contributed by atoms with Crippen LogP contribution in [0.25, 0.3) is 11.1 Å². The minimum absolute atomic E-state index is 0.0192. The Kier molecular flexibility index (Phi) is 9.11. The predicted octanol–water partition coefficient (Wildman–Crippen LogP) is 6.54. The molecule has 3 aromatic rings. The maximum Gasteiger partial charge on any atom is 0.407 e. The first kappa shape index (κ1) is 29.4. The van der Waals surface area contributed by atoms with Gasteiger partial charge in [0.25, 0.3) is 5.91 Å². The molecule has 0 bridgehead atoms. The van der Waals surface area contributed by atoms with Gasteiger partial charge in [-0.05, 0) is 70.7 Å². The molecule has 0 unspecified atom stereocenters. The average Bonchev–Trinajstić information content (AvgIpc) is 2.84. The fourth-order valence-electron chi connectivity index (χ4n) is 4.19. The minimum atomic E-state index is -1.11. The first-order valence-corrected chi connectivity index (χ1v) is 13.0. The molecule has 0 spiro atoms. The zero-order valence-electron chi connectivity index (χ0n) is 23.6. The zero-order valence-corrected chi connectivity index (χ0v) is 23.6. The zero-order chi connectivity index (χ0) is 28.9. The van der Waals surface area contributed by atoms with Crippen molar-refractivity contribution in [1.82, 2.24) is 10.3 Å². The van der Waals surface area contributed by atoms with Crippen molar-refractivity contribution < 1.29 is 24.2 Å². The van der Waals surface area contributed by atoms with Gasteiger partial charge in [0.1, 0.15) is 5.60 Å². The van der Waals surface area contributed by atoms with E-state index in [4.69, 9.17) is 9.72 Å². The van der Waals surface area contributed by atoms with Crippen molar-refractivity contribution in [3.8, 4) is 11.1 Å². The summed E-state index contributed by atoms with van der Waals surface area (Å²) in [6.07, 6.45) is 0.115. The SMILES string of the molecule is Cc1ccc(-c2c(CNC(=O)OC(C)(C)C)c(CC(C)C)nc(C)c2NC(=O)c2cccc(C(=O)O)c2)cc1. The molecule has 0 fully saturated rings. The number of carboxylic acid groups (broad SMARTS) is 1. The van der Waals surface area contributed by atoms with E-state index in [2.05, 4.69) is 24.5 Å². The topological polar surface area (TPSA) is 118 Å². The standard InChI is InChI=1S/C31H37N3O5/c1-18(2)15-25-24(17-32-30(38)39-31(5,6)7)26(21-13-11-19(3)12-14-21)27(20(4)33-25)34-28(35)22-9-8-10-23(16-22)29(36)37/h8-14,16,18H,15,17H2,1-7H3,(H,32,38)(H,34,35)(H,36,37). The number of benzene rings is 2. The van der Waals surface area contributed by atoms with Gasteiger partial charge < -0.3 is 20.5 Å². The van der Waals surface area contributed by atoms with Gasteiger partial charge in [-0.1, -0.05) is 49.7 Å². The summed E-state index contributed by atoms with van der Waals surface area (Å²) in [4.78, 5) is 42.3. The number of carbonyl (C=O) groups is 3. The van der Waals surface area contributed by atoms with Crippen molar-refractivity contribution in [2.45, 2.75) is 67.0 Å². The maximum atomic E-state index is 13.4. The number of nitrogens with one attached hydrogen (secondary N) is 2. The predicted molar refractivity (Wildman–Crippen MR) is 152 cm³/mol. The monoisotopic (exact) mass is 531 g/mol. The molecule has 0 saturated heterocycles. The van der Waals surface area contributed by atoms with Crippen LogP contribution in [0.1, 0.15) is 77.8 Å². The smallest absolute Gasteiger partial charge is 0.407 e. The van der Waals surface area contributed by atoms with E-state index in [-0.39, 0.29) is 17.7 Å².